The lowest BCUT2D eigenvalue weighted by Gasteiger charge is -2.45. The number of methoxy groups -OCH3 is 1. The van der Waals surface area contributed by atoms with E-state index in [0.717, 1.165) is 17.7 Å². The highest BCUT2D eigenvalue weighted by Gasteiger charge is 2.45. The zero-order valence-electron chi connectivity index (χ0n) is 16.8. The quantitative estimate of drug-likeness (QED) is 0.645. The zero-order chi connectivity index (χ0) is 22.8. The highest BCUT2D eigenvalue weighted by Crippen LogP contribution is 2.31. The molecule has 0 unspecified atom stereocenters. The molecule has 0 aliphatic carbocycles. The molecule has 1 aromatic heterocycles. The summed E-state index contributed by atoms with van der Waals surface area (Å²) in [6.45, 7) is 1.95. The van der Waals surface area contributed by atoms with Crippen LogP contribution in [0, 0.1) is 0 Å². The third-order valence-corrected chi connectivity index (χ3v) is 4.86. The number of carboxylic acid groups (broad SMARTS) is 1. The Morgan fingerprint density at radius 1 is 1.19 bits per heavy atom. The van der Waals surface area contributed by atoms with E-state index in [2.05, 4.69) is 39.2 Å². The summed E-state index contributed by atoms with van der Waals surface area (Å²) in [5, 5.41) is 24.2. The summed E-state index contributed by atoms with van der Waals surface area (Å²) < 4.78 is 38.6. The van der Waals surface area contributed by atoms with E-state index in [1.165, 1.54) is 17.3 Å². The first-order valence-corrected chi connectivity index (χ1v) is 9.18. The van der Waals surface area contributed by atoms with Crippen molar-refractivity contribution in [3.05, 3.63) is 54.1 Å². The Morgan fingerprint density at radius 2 is 1.81 bits per heavy atom. The lowest BCUT2D eigenvalue weighted by molar-refractivity contribution is -0.192. The third-order valence-electron chi connectivity index (χ3n) is 4.86. The molecule has 1 saturated heterocycles. The van der Waals surface area contributed by atoms with Crippen LogP contribution in [0.5, 0.6) is 5.75 Å². The number of carbonyl (C=O) groups is 1. The molecule has 2 aromatic carbocycles. The first-order chi connectivity index (χ1) is 14.5. The smallest absolute Gasteiger partial charge is 0.490 e. The molecule has 166 valence electrons. The maximum atomic E-state index is 10.7. The number of aliphatic carboxylic acids is 1. The van der Waals surface area contributed by atoms with Crippen molar-refractivity contribution in [1.29, 1.82) is 0 Å². The average molecular weight is 438 g/mol. The van der Waals surface area contributed by atoms with E-state index in [9.17, 15) is 18.3 Å². The van der Waals surface area contributed by atoms with Crippen molar-refractivity contribution >= 4 is 16.7 Å². The molecular weight excluding hydrogens is 417 g/mol. The first-order valence-electron chi connectivity index (χ1n) is 9.18. The number of alkyl halides is 3. The van der Waals surface area contributed by atoms with E-state index in [1.807, 2.05) is 12.1 Å². The van der Waals surface area contributed by atoms with Crippen molar-refractivity contribution in [1.82, 2.24) is 19.7 Å². The van der Waals surface area contributed by atoms with Gasteiger partial charge < -0.3 is 14.9 Å². The van der Waals surface area contributed by atoms with E-state index < -0.39 is 17.7 Å². The number of halogens is 3. The second kappa shape index (κ2) is 8.52. The summed E-state index contributed by atoms with van der Waals surface area (Å²) in [4.78, 5) is 15.3. The molecule has 0 atom stereocenters. The number of carboxylic acids is 1. The van der Waals surface area contributed by atoms with Crippen molar-refractivity contribution in [2.24, 2.45) is 7.05 Å². The summed E-state index contributed by atoms with van der Waals surface area (Å²) >= 11 is 0. The van der Waals surface area contributed by atoms with E-state index >= 15 is 0 Å². The van der Waals surface area contributed by atoms with Crippen LogP contribution < -0.4 is 4.74 Å². The summed E-state index contributed by atoms with van der Waals surface area (Å²) in [6, 6.07) is 12.5. The molecule has 0 bridgehead atoms. The lowest BCUT2D eigenvalue weighted by Crippen LogP contribution is -2.59. The van der Waals surface area contributed by atoms with E-state index in [4.69, 9.17) is 14.6 Å². The van der Waals surface area contributed by atoms with Gasteiger partial charge in [-0.25, -0.2) is 9.78 Å². The SMILES string of the molecule is COc1ccc2cc(CN3CC(O)(c4ncnn4C)C3)ccc2c1.O=C(O)C(F)(F)F. The minimum atomic E-state index is -5.08. The molecule has 4 rings (SSSR count). The van der Waals surface area contributed by atoms with Crippen LogP contribution in [0.3, 0.4) is 0 Å². The summed E-state index contributed by atoms with van der Waals surface area (Å²) in [5.74, 6) is -1.26. The van der Waals surface area contributed by atoms with E-state index in [-0.39, 0.29) is 0 Å². The Labute approximate surface area is 175 Å². The number of rotatable bonds is 4. The molecule has 0 amide bonds. The van der Waals surface area contributed by atoms with Crippen molar-refractivity contribution in [2.45, 2.75) is 18.3 Å². The molecular formula is C20H21F3N4O4. The Hall–Kier alpha value is -3.18. The van der Waals surface area contributed by atoms with Crippen molar-refractivity contribution < 1.29 is 32.9 Å². The molecule has 0 saturated carbocycles. The summed E-state index contributed by atoms with van der Waals surface area (Å²) in [6.07, 6.45) is -3.60. The van der Waals surface area contributed by atoms with Gasteiger partial charge in [0.2, 0.25) is 0 Å². The van der Waals surface area contributed by atoms with Gasteiger partial charge in [0.25, 0.3) is 0 Å². The molecule has 2 N–H and O–H groups in total. The monoisotopic (exact) mass is 438 g/mol. The molecule has 1 fully saturated rings. The maximum Gasteiger partial charge on any atom is 0.490 e. The standard InChI is InChI=1S/C18H20N4O2.C2HF3O2/c1-21-17(19-12-20-21)18(23)10-22(11-18)9-13-3-4-15-8-16(24-2)6-5-14(15)7-13;3-2(4,5)1(6)7/h3-8,12,23H,9-11H2,1-2H3;(H,6,7). The Kier molecular flexibility index (Phi) is 6.18. The molecule has 2 heterocycles. The Morgan fingerprint density at radius 3 is 2.35 bits per heavy atom. The van der Waals surface area contributed by atoms with Crippen LogP contribution in [0.1, 0.15) is 11.4 Å². The number of ether oxygens (including phenoxy) is 1. The topological polar surface area (TPSA) is 101 Å². The molecule has 3 aromatic rings. The largest absolute Gasteiger partial charge is 0.497 e. The zero-order valence-corrected chi connectivity index (χ0v) is 16.8. The van der Waals surface area contributed by atoms with Crippen molar-refractivity contribution in [3.8, 4) is 5.75 Å². The van der Waals surface area contributed by atoms with Gasteiger partial charge in [0.1, 0.15) is 17.7 Å². The maximum absolute atomic E-state index is 10.7. The van der Waals surface area contributed by atoms with Crippen LogP contribution >= 0.6 is 0 Å². The number of benzene rings is 2. The normalized spacial score (nSPS) is 15.7. The Balaban J connectivity index is 0.000000339. The number of aromatic nitrogens is 3. The molecule has 0 radical (unpaired) electrons. The first kappa shape index (κ1) is 22.5. The highest BCUT2D eigenvalue weighted by atomic mass is 19.4. The van der Waals surface area contributed by atoms with Crippen LogP contribution in [0.15, 0.2) is 42.7 Å². The van der Waals surface area contributed by atoms with Crippen LogP contribution in [0.4, 0.5) is 13.2 Å². The average Bonchev–Trinajstić information content (AvgIpc) is 3.12. The van der Waals surface area contributed by atoms with Crippen LogP contribution in [0.2, 0.25) is 0 Å². The van der Waals surface area contributed by atoms with Gasteiger partial charge in [-0.15, -0.1) is 0 Å². The number of fused-ring (bicyclic) bond motifs is 1. The number of β-amino-alcohol motifs (C(OH)–C–C–N with tert-alkyl or cyclic N) is 1. The lowest BCUT2D eigenvalue weighted by atomic mass is 9.92. The number of likely N-dealkylation sites (tertiary alicyclic amines) is 1. The minimum Gasteiger partial charge on any atom is -0.497 e. The van der Waals surface area contributed by atoms with Crippen molar-refractivity contribution in [3.63, 3.8) is 0 Å². The number of hydrogen-bond acceptors (Lipinski definition) is 6. The van der Waals surface area contributed by atoms with Gasteiger partial charge in [0.05, 0.1) is 7.11 Å². The fourth-order valence-electron chi connectivity index (χ4n) is 3.42. The minimum absolute atomic E-state index is 0.570. The summed E-state index contributed by atoms with van der Waals surface area (Å²) in [5.41, 5.74) is 0.336. The van der Waals surface area contributed by atoms with Gasteiger partial charge in [-0.05, 0) is 34.5 Å². The molecule has 1 aliphatic rings. The molecule has 0 spiro atoms. The predicted molar refractivity (Wildman–Crippen MR) is 104 cm³/mol. The van der Waals surface area contributed by atoms with Gasteiger partial charge in [-0.2, -0.15) is 18.3 Å². The van der Waals surface area contributed by atoms with Gasteiger partial charge >= 0.3 is 12.1 Å². The Bertz CT molecular complexity index is 1080. The van der Waals surface area contributed by atoms with Crippen molar-refractivity contribution in [2.75, 3.05) is 20.2 Å². The van der Waals surface area contributed by atoms with Gasteiger partial charge in [-0.3, -0.25) is 9.58 Å². The fraction of sp³-hybridized carbons (Fsp3) is 0.350. The van der Waals surface area contributed by atoms with Gasteiger partial charge in [0.15, 0.2) is 5.82 Å². The highest BCUT2D eigenvalue weighted by molar-refractivity contribution is 5.84. The molecule has 31 heavy (non-hydrogen) atoms. The van der Waals surface area contributed by atoms with Crippen LogP contribution in [0.25, 0.3) is 10.8 Å². The fourth-order valence-corrected chi connectivity index (χ4v) is 3.42. The van der Waals surface area contributed by atoms with E-state index in [0.29, 0.717) is 18.9 Å². The molecule has 8 nitrogen and oxygen atoms in total. The number of aryl methyl sites for hydroxylation is 1. The third kappa shape index (κ3) is 5.12. The number of nitrogens with zero attached hydrogens (tertiary/aromatic N) is 4. The molecule has 1 aliphatic heterocycles. The molecule has 11 heteroatoms. The predicted octanol–water partition coefficient (Wildman–Crippen LogP) is 2.31. The number of aliphatic hydroxyl groups is 1. The van der Waals surface area contributed by atoms with E-state index in [1.54, 1.807) is 18.8 Å². The van der Waals surface area contributed by atoms with Crippen LogP contribution in [-0.4, -0.2) is 62.2 Å². The summed E-state index contributed by atoms with van der Waals surface area (Å²) in [7, 11) is 3.48. The van der Waals surface area contributed by atoms with Gasteiger partial charge in [0, 0.05) is 26.7 Å². The van der Waals surface area contributed by atoms with Crippen LogP contribution in [-0.2, 0) is 24.0 Å². The second-order valence-electron chi connectivity index (χ2n) is 7.23. The van der Waals surface area contributed by atoms with Gasteiger partial charge in [-0.1, -0.05) is 18.2 Å². The number of hydrogen-bond donors (Lipinski definition) is 2. The second-order valence-corrected chi connectivity index (χ2v) is 7.23.